The molecule has 7 nitrogen and oxygen atoms in total. The molecule has 1 aliphatic heterocycles. The van der Waals surface area contributed by atoms with Crippen LogP contribution in [0.5, 0.6) is 0 Å². The number of carbonyl (C=O) groups is 1. The zero-order valence-electron chi connectivity index (χ0n) is 20.1. The van der Waals surface area contributed by atoms with Gasteiger partial charge in [0.05, 0.1) is 26.8 Å². The van der Waals surface area contributed by atoms with Gasteiger partial charge in [-0.15, -0.1) is 11.3 Å². The van der Waals surface area contributed by atoms with Crippen molar-refractivity contribution in [2.45, 2.75) is 32.7 Å². The Morgan fingerprint density at radius 3 is 2.83 bits per heavy atom. The molecule has 5 aromatic rings. The number of aryl methyl sites for hydroxylation is 1. The molecule has 1 saturated heterocycles. The van der Waals surface area contributed by atoms with Crippen LogP contribution in [0.4, 0.5) is 0 Å². The van der Waals surface area contributed by atoms with Crippen molar-refractivity contribution >= 4 is 33.1 Å². The fourth-order valence-corrected chi connectivity index (χ4v) is 6.44. The van der Waals surface area contributed by atoms with Gasteiger partial charge in [-0.2, -0.15) is 5.10 Å². The van der Waals surface area contributed by atoms with E-state index in [1.807, 2.05) is 39.9 Å². The van der Waals surface area contributed by atoms with Crippen molar-refractivity contribution in [3.05, 3.63) is 76.6 Å². The highest BCUT2D eigenvalue weighted by Gasteiger charge is 2.30. The molecule has 0 aliphatic carbocycles. The number of nitrogens with zero attached hydrogens (tertiary/aromatic N) is 4. The molecule has 2 N–H and O–H groups in total. The number of H-pyrrole nitrogens is 1. The second kappa shape index (κ2) is 8.62. The van der Waals surface area contributed by atoms with Crippen molar-refractivity contribution in [3.8, 4) is 11.3 Å². The summed E-state index contributed by atoms with van der Waals surface area (Å²) in [6, 6.07) is 14.5. The van der Waals surface area contributed by atoms with E-state index in [1.165, 1.54) is 11.1 Å². The van der Waals surface area contributed by atoms with Crippen molar-refractivity contribution in [3.63, 3.8) is 0 Å². The molecule has 1 aliphatic rings. The Balaban J connectivity index is 1.40. The summed E-state index contributed by atoms with van der Waals surface area (Å²) in [7, 11) is 0. The zero-order chi connectivity index (χ0) is 24.1. The minimum absolute atomic E-state index is 0.0374. The van der Waals surface area contributed by atoms with Gasteiger partial charge >= 0.3 is 0 Å². The van der Waals surface area contributed by atoms with E-state index in [9.17, 15) is 4.79 Å². The lowest BCUT2D eigenvalue weighted by Gasteiger charge is -2.36. The van der Waals surface area contributed by atoms with Gasteiger partial charge < -0.3 is 15.2 Å². The van der Waals surface area contributed by atoms with Gasteiger partial charge in [-0.05, 0) is 41.7 Å². The quantitative estimate of drug-likeness (QED) is 0.369. The molecule has 8 heteroatoms. The van der Waals surface area contributed by atoms with Crippen LogP contribution in [0.3, 0.4) is 0 Å². The van der Waals surface area contributed by atoms with Gasteiger partial charge in [0.2, 0.25) is 0 Å². The third-order valence-electron chi connectivity index (χ3n) is 6.83. The standard InChI is InChI=1S/C27H28N6OS/c1-16(2)23-24(19-11-17(3)26-29-15-30-33(26)14-19)31-20-12-22(35-25(20)23)27(34)32-10-9-28-13-21(32)18-7-5-4-6-8-18/h4-8,11-12,14-16,21,28,31H,9-10,13H2,1-3H3/t21-/m0/s1. The number of carbonyl (C=O) groups excluding carboxylic acids is 1. The Morgan fingerprint density at radius 1 is 1.20 bits per heavy atom. The monoisotopic (exact) mass is 484 g/mol. The third kappa shape index (κ3) is 3.73. The minimum atomic E-state index is 0.0374. The number of thiophene rings is 1. The maximum Gasteiger partial charge on any atom is 0.264 e. The number of amides is 1. The average Bonchev–Trinajstić information content (AvgIpc) is 3.58. The molecule has 0 radical (unpaired) electrons. The van der Waals surface area contributed by atoms with Gasteiger partial charge in [-0.3, -0.25) is 4.79 Å². The molecule has 0 unspecified atom stereocenters. The first-order valence-electron chi connectivity index (χ1n) is 12.0. The van der Waals surface area contributed by atoms with Crippen molar-refractivity contribution in [2.24, 2.45) is 0 Å². The lowest BCUT2D eigenvalue weighted by atomic mass is 9.99. The SMILES string of the molecule is Cc1cc(-c2[nH]c3cc(C(=O)N4CCNC[C@H]4c4ccccc4)sc3c2C(C)C)cn2ncnc12. The Kier molecular flexibility index (Phi) is 5.42. The number of nitrogens with one attached hydrogen (secondary N) is 2. The van der Waals surface area contributed by atoms with Gasteiger partial charge in [-0.25, -0.2) is 9.50 Å². The highest BCUT2D eigenvalue weighted by molar-refractivity contribution is 7.21. The second-order valence-corrected chi connectivity index (χ2v) is 10.5. The van der Waals surface area contributed by atoms with E-state index < -0.39 is 0 Å². The molecule has 0 spiro atoms. The van der Waals surface area contributed by atoms with Gasteiger partial charge in [0.15, 0.2) is 5.65 Å². The highest BCUT2D eigenvalue weighted by Crippen LogP contribution is 2.41. The molecule has 1 atom stereocenters. The predicted molar refractivity (Wildman–Crippen MR) is 140 cm³/mol. The Labute approximate surface area is 207 Å². The molecule has 35 heavy (non-hydrogen) atoms. The molecule has 0 bridgehead atoms. The van der Waals surface area contributed by atoms with Crippen LogP contribution in [-0.4, -0.2) is 50.0 Å². The summed E-state index contributed by atoms with van der Waals surface area (Å²) in [5.74, 6) is 0.398. The van der Waals surface area contributed by atoms with Crippen molar-refractivity contribution < 1.29 is 4.79 Å². The number of aromatic amines is 1. The number of piperazine rings is 1. The van der Waals surface area contributed by atoms with E-state index in [4.69, 9.17) is 0 Å². The fraction of sp³-hybridized carbons (Fsp3) is 0.296. The van der Waals surface area contributed by atoms with Crippen LogP contribution in [0.15, 0.2) is 55.0 Å². The summed E-state index contributed by atoms with van der Waals surface area (Å²) in [6.45, 7) is 8.74. The van der Waals surface area contributed by atoms with Crippen LogP contribution in [0.25, 0.3) is 27.1 Å². The van der Waals surface area contributed by atoms with E-state index in [0.29, 0.717) is 12.5 Å². The number of pyridine rings is 1. The van der Waals surface area contributed by atoms with Crippen LogP contribution in [0.1, 0.15) is 52.2 Å². The summed E-state index contributed by atoms with van der Waals surface area (Å²) in [6.07, 6.45) is 3.60. The smallest absolute Gasteiger partial charge is 0.264 e. The third-order valence-corrected chi connectivity index (χ3v) is 7.99. The number of hydrogen-bond donors (Lipinski definition) is 2. The summed E-state index contributed by atoms with van der Waals surface area (Å²) in [5, 5.41) is 7.79. The van der Waals surface area contributed by atoms with E-state index in [0.717, 1.165) is 50.7 Å². The number of aromatic nitrogens is 4. The predicted octanol–water partition coefficient (Wildman–Crippen LogP) is 5.16. The summed E-state index contributed by atoms with van der Waals surface area (Å²) in [4.78, 5) is 24.5. The maximum absolute atomic E-state index is 13.7. The summed E-state index contributed by atoms with van der Waals surface area (Å²) >= 11 is 1.60. The molecule has 0 saturated carbocycles. The van der Waals surface area contributed by atoms with Gasteiger partial charge in [0.25, 0.3) is 5.91 Å². The first-order valence-corrected chi connectivity index (χ1v) is 12.9. The minimum Gasteiger partial charge on any atom is -0.354 e. The number of rotatable bonds is 4. The van der Waals surface area contributed by atoms with Gasteiger partial charge in [0.1, 0.15) is 6.33 Å². The molecular formula is C27H28N6OS. The van der Waals surface area contributed by atoms with Crippen LogP contribution >= 0.6 is 11.3 Å². The van der Waals surface area contributed by atoms with E-state index in [2.05, 4.69) is 59.4 Å². The molecule has 178 valence electrons. The van der Waals surface area contributed by atoms with Gasteiger partial charge in [0, 0.05) is 31.4 Å². The molecule has 1 fully saturated rings. The highest BCUT2D eigenvalue weighted by atomic mass is 32.1. The summed E-state index contributed by atoms with van der Waals surface area (Å²) in [5.41, 5.74) is 7.53. The number of hydrogen-bond acceptors (Lipinski definition) is 5. The van der Waals surface area contributed by atoms with Crippen molar-refractivity contribution in [2.75, 3.05) is 19.6 Å². The first kappa shape index (κ1) is 22.0. The largest absolute Gasteiger partial charge is 0.354 e. The van der Waals surface area contributed by atoms with Crippen LogP contribution in [0, 0.1) is 6.92 Å². The Hall–Kier alpha value is -3.49. The average molecular weight is 485 g/mol. The molecule has 4 aromatic heterocycles. The van der Waals surface area contributed by atoms with E-state index >= 15 is 0 Å². The summed E-state index contributed by atoms with van der Waals surface area (Å²) < 4.78 is 2.98. The lowest BCUT2D eigenvalue weighted by Crippen LogP contribution is -2.48. The molecule has 6 rings (SSSR count). The second-order valence-electron chi connectivity index (χ2n) is 9.49. The number of benzene rings is 1. The van der Waals surface area contributed by atoms with Gasteiger partial charge in [-0.1, -0.05) is 44.2 Å². The van der Waals surface area contributed by atoms with Crippen molar-refractivity contribution in [1.82, 2.24) is 29.8 Å². The van der Waals surface area contributed by atoms with E-state index in [-0.39, 0.29) is 11.9 Å². The Morgan fingerprint density at radius 2 is 2.03 bits per heavy atom. The van der Waals surface area contributed by atoms with Crippen LogP contribution in [0.2, 0.25) is 0 Å². The molecular weight excluding hydrogens is 456 g/mol. The molecule has 1 aromatic carbocycles. The van der Waals surface area contributed by atoms with Crippen LogP contribution in [-0.2, 0) is 0 Å². The van der Waals surface area contributed by atoms with Crippen molar-refractivity contribution in [1.29, 1.82) is 0 Å². The Bertz CT molecular complexity index is 1530. The fourth-order valence-electron chi connectivity index (χ4n) is 5.18. The normalized spacial score (nSPS) is 16.6. The lowest BCUT2D eigenvalue weighted by molar-refractivity contribution is 0.0639. The first-order chi connectivity index (χ1) is 17.0. The van der Waals surface area contributed by atoms with E-state index in [1.54, 1.807) is 17.7 Å². The topological polar surface area (TPSA) is 78.3 Å². The maximum atomic E-state index is 13.7. The molecule has 1 amide bonds. The number of fused-ring (bicyclic) bond motifs is 2. The van der Waals surface area contributed by atoms with Crippen LogP contribution < -0.4 is 5.32 Å². The molecule has 5 heterocycles. The zero-order valence-corrected chi connectivity index (χ0v) is 20.9.